The fourth-order valence-corrected chi connectivity index (χ4v) is 2.25. The number of rotatable bonds is 4. The molecule has 5 heteroatoms. The van der Waals surface area contributed by atoms with Crippen molar-refractivity contribution in [1.82, 2.24) is 20.3 Å². The second-order valence-corrected chi connectivity index (χ2v) is 7.73. The largest absolute Gasteiger partial charge is 0.302 e. The van der Waals surface area contributed by atoms with Crippen LogP contribution in [0.3, 0.4) is 0 Å². The SMILES string of the molecule is CC(C)(NCc1cn(C(C)(C)C)nn1)c1ccc(Br)cc1. The van der Waals surface area contributed by atoms with Crippen LogP contribution in [0.15, 0.2) is 34.9 Å². The highest BCUT2D eigenvalue weighted by molar-refractivity contribution is 9.10. The highest BCUT2D eigenvalue weighted by Crippen LogP contribution is 2.22. The molecular weight excluding hydrogens is 328 g/mol. The van der Waals surface area contributed by atoms with Crippen LogP contribution in [-0.4, -0.2) is 15.0 Å². The number of benzene rings is 1. The first-order valence-corrected chi connectivity index (χ1v) is 7.90. The van der Waals surface area contributed by atoms with Crippen molar-refractivity contribution in [3.8, 4) is 0 Å². The predicted molar refractivity (Wildman–Crippen MR) is 89.0 cm³/mol. The molecule has 4 nitrogen and oxygen atoms in total. The Hall–Kier alpha value is -1.20. The summed E-state index contributed by atoms with van der Waals surface area (Å²) in [5, 5.41) is 12.0. The van der Waals surface area contributed by atoms with Crippen LogP contribution < -0.4 is 5.32 Å². The lowest BCUT2D eigenvalue weighted by molar-refractivity contribution is 0.346. The first-order chi connectivity index (χ1) is 9.68. The fourth-order valence-electron chi connectivity index (χ4n) is 1.99. The smallest absolute Gasteiger partial charge is 0.0965 e. The summed E-state index contributed by atoms with van der Waals surface area (Å²) in [4.78, 5) is 0. The molecule has 2 rings (SSSR count). The second-order valence-electron chi connectivity index (χ2n) is 6.81. The van der Waals surface area contributed by atoms with Gasteiger partial charge in [-0.3, -0.25) is 0 Å². The fraction of sp³-hybridized carbons (Fsp3) is 0.500. The Labute approximate surface area is 135 Å². The molecular formula is C16H23BrN4. The number of halogens is 1. The lowest BCUT2D eigenvalue weighted by atomic mass is 9.94. The average Bonchev–Trinajstić information content (AvgIpc) is 2.86. The summed E-state index contributed by atoms with van der Waals surface area (Å²) in [7, 11) is 0. The molecule has 1 aromatic carbocycles. The third-order valence-electron chi connectivity index (χ3n) is 3.51. The zero-order valence-electron chi connectivity index (χ0n) is 13.3. The molecule has 0 atom stereocenters. The normalized spacial score (nSPS) is 12.7. The molecule has 0 amide bonds. The van der Waals surface area contributed by atoms with E-state index >= 15 is 0 Å². The van der Waals surface area contributed by atoms with E-state index in [0.29, 0.717) is 6.54 Å². The molecule has 0 bridgehead atoms. The molecule has 0 aliphatic heterocycles. The van der Waals surface area contributed by atoms with Crippen LogP contribution in [-0.2, 0) is 17.6 Å². The van der Waals surface area contributed by atoms with Crippen LogP contribution in [0, 0.1) is 0 Å². The zero-order valence-corrected chi connectivity index (χ0v) is 14.9. The lowest BCUT2D eigenvalue weighted by Gasteiger charge is -2.26. The van der Waals surface area contributed by atoms with Gasteiger partial charge in [-0.15, -0.1) is 5.10 Å². The van der Waals surface area contributed by atoms with Gasteiger partial charge in [0, 0.05) is 16.6 Å². The molecule has 0 unspecified atom stereocenters. The maximum absolute atomic E-state index is 4.24. The van der Waals surface area contributed by atoms with Crippen molar-refractivity contribution in [2.45, 2.75) is 52.2 Å². The molecule has 1 aromatic heterocycles. The van der Waals surface area contributed by atoms with E-state index < -0.39 is 0 Å². The lowest BCUT2D eigenvalue weighted by Crippen LogP contribution is -2.36. The summed E-state index contributed by atoms with van der Waals surface area (Å²) >= 11 is 3.47. The van der Waals surface area contributed by atoms with E-state index in [4.69, 9.17) is 0 Å². The molecule has 2 aromatic rings. The Bertz CT molecular complexity index is 593. The van der Waals surface area contributed by atoms with Gasteiger partial charge in [0.25, 0.3) is 0 Å². The Morgan fingerprint density at radius 3 is 2.24 bits per heavy atom. The second kappa shape index (κ2) is 5.89. The Morgan fingerprint density at radius 1 is 1.10 bits per heavy atom. The molecule has 1 N–H and O–H groups in total. The van der Waals surface area contributed by atoms with Crippen molar-refractivity contribution in [3.05, 3.63) is 46.2 Å². The van der Waals surface area contributed by atoms with Crippen molar-refractivity contribution >= 4 is 15.9 Å². The van der Waals surface area contributed by atoms with Crippen molar-refractivity contribution in [1.29, 1.82) is 0 Å². The van der Waals surface area contributed by atoms with E-state index in [-0.39, 0.29) is 11.1 Å². The third-order valence-corrected chi connectivity index (χ3v) is 4.03. The minimum Gasteiger partial charge on any atom is -0.302 e. The van der Waals surface area contributed by atoms with E-state index in [1.807, 2.05) is 10.9 Å². The molecule has 114 valence electrons. The molecule has 0 saturated heterocycles. The highest BCUT2D eigenvalue weighted by atomic mass is 79.9. The summed E-state index contributed by atoms with van der Waals surface area (Å²) in [5.74, 6) is 0. The van der Waals surface area contributed by atoms with E-state index in [1.165, 1.54) is 5.56 Å². The van der Waals surface area contributed by atoms with Gasteiger partial charge in [-0.25, -0.2) is 4.68 Å². The van der Waals surface area contributed by atoms with Crippen molar-refractivity contribution in [3.63, 3.8) is 0 Å². The summed E-state index contributed by atoms with van der Waals surface area (Å²) in [6.45, 7) is 11.4. The van der Waals surface area contributed by atoms with Gasteiger partial charge in [0.15, 0.2) is 0 Å². The number of hydrogen-bond acceptors (Lipinski definition) is 3. The van der Waals surface area contributed by atoms with Gasteiger partial charge in [0.1, 0.15) is 0 Å². The Morgan fingerprint density at radius 2 is 1.71 bits per heavy atom. The molecule has 0 fully saturated rings. The molecule has 0 aliphatic carbocycles. The summed E-state index contributed by atoms with van der Waals surface area (Å²) in [5.41, 5.74) is 2.04. The molecule has 0 aliphatic rings. The summed E-state index contributed by atoms with van der Waals surface area (Å²) in [6.07, 6.45) is 2.00. The molecule has 21 heavy (non-hydrogen) atoms. The molecule has 0 spiro atoms. The van der Waals surface area contributed by atoms with Gasteiger partial charge in [0.05, 0.1) is 17.4 Å². The van der Waals surface area contributed by atoms with Crippen molar-refractivity contribution in [2.24, 2.45) is 0 Å². The van der Waals surface area contributed by atoms with Crippen LogP contribution in [0.4, 0.5) is 0 Å². The third kappa shape index (κ3) is 4.14. The topological polar surface area (TPSA) is 42.7 Å². The Balaban J connectivity index is 2.04. The molecule has 1 heterocycles. The Kier molecular flexibility index (Phi) is 4.54. The number of nitrogens with zero attached hydrogens (tertiary/aromatic N) is 3. The quantitative estimate of drug-likeness (QED) is 0.911. The maximum Gasteiger partial charge on any atom is 0.0965 e. The average molecular weight is 351 g/mol. The van der Waals surface area contributed by atoms with Crippen LogP contribution >= 0.6 is 15.9 Å². The van der Waals surface area contributed by atoms with Gasteiger partial charge >= 0.3 is 0 Å². The molecule has 0 radical (unpaired) electrons. The standard InChI is InChI=1S/C16H23BrN4/c1-15(2,3)21-11-14(19-20-21)10-18-16(4,5)12-6-8-13(17)9-7-12/h6-9,11,18H,10H2,1-5H3. The van der Waals surface area contributed by atoms with Gasteiger partial charge in [-0.05, 0) is 52.3 Å². The summed E-state index contributed by atoms with van der Waals surface area (Å²) in [6, 6.07) is 8.38. The van der Waals surface area contributed by atoms with Gasteiger partial charge in [-0.1, -0.05) is 33.3 Å². The first-order valence-electron chi connectivity index (χ1n) is 7.11. The van der Waals surface area contributed by atoms with Crippen LogP contribution in [0.2, 0.25) is 0 Å². The van der Waals surface area contributed by atoms with Crippen LogP contribution in [0.5, 0.6) is 0 Å². The monoisotopic (exact) mass is 350 g/mol. The van der Waals surface area contributed by atoms with E-state index in [9.17, 15) is 0 Å². The zero-order chi connectivity index (χ0) is 15.7. The minimum atomic E-state index is -0.119. The van der Waals surface area contributed by atoms with Gasteiger partial charge in [0.2, 0.25) is 0 Å². The number of hydrogen-bond donors (Lipinski definition) is 1. The van der Waals surface area contributed by atoms with E-state index in [2.05, 4.69) is 90.4 Å². The molecule has 0 saturated carbocycles. The van der Waals surface area contributed by atoms with Gasteiger partial charge < -0.3 is 5.32 Å². The summed E-state index contributed by atoms with van der Waals surface area (Å²) < 4.78 is 2.99. The van der Waals surface area contributed by atoms with E-state index in [1.54, 1.807) is 0 Å². The highest BCUT2D eigenvalue weighted by Gasteiger charge is 2.21. The van der Waals surface area contributed by atoms with Crippen molar-refractivity contribution in [2.75, 3.05) is 0 Å². The van der Waals surface area contributed by atoms with E-state index in [0.717, 1.165) is 10.2 Å². The predicted octanol–water partition coefficient (Wildman–Crippen LogP) is 3.82. The minimum absolute atomic E-state index is 0.0352. The number of nitrogens with one attached hydrogen (secondary N) is 1. The maximum atomic E-state index is 4.24. The number of aromatic nitrogens is 3. The van der Waals surface area contributed by atoms with Crippen molar-refractivity contribution < 1.29 is 0 Å². The van der Waals surface area contributed by atoms with Gasteiger partial charge in [-0.2, -0.15) is 0 Å². The van der Waals surface area contributed by atoms with Crippen LogP contribution in [0.25, 0.3) is 0 Å². The first kappa shape index (κ1) is 16.2. The van der Waals surface area contributed by atoms with Crippen LogP contribution in [0.1, 0.15) is 45.9 Å².